The Hall–Kier alpha value is -2.48. The number of thiophene rings is 1. The second-order valence-corrected chi connectivity index (χ2v) is 8.30. The molecule has 7 heteroatoms. The molecule has 1 aromatic carbocycles. The smallest absolute Gasteiger partial charge is 0.272 e. The first-order valence-corrected chi connectivity index (χ1v) is 11.0. The van der Waals surface area contributed by atoms with Crippen molar-refractivity contribution in [3.8, 4) is 10.6 Å². The fraction of sp³-hybridized carbons (Fsp3) is 0.364. The zero-order chi connectivity index (χ0) is 20.1. The van der Waals surface area contributed by atoms with E-state index in [-0.39, 0.29) is 5.91 Å². The van der Waals surface area contributed by atoms with E-state index in [0.717, 1.165) is 55.4 Å². The van der Waals surface area contributed by atoms with Crippen LogP contribution in [-0.4, -0.2) is 58.6 Å². The fourth-order valence-corrected chi connectivity index (χ4v) is 4.25. The topological polar surface area (TPSA) is 64.3 Å². The van der Waals surface area contributed by atoms with Gasteiger partial charge in [-0.05, 0) is 35.2 Å². The lowest BCUT2D eigenvalue weighted by Gasteiger charge is -2.34. The van der Waals surface area contributed by atoms with Crippen molar-refractivity contribution in [3.63, 3.8) is 0 Å². The molecule has 1 saturated heterocycles. The summed E-state index contributed by atoms with van der Waals surface area (Å²) in [5.74, 6) is -0.165. The molecule has 0 aliphatic carbocycles. The predicted molar refractivity (Wildman–Crippen MR) is 117 cm³/mol. The van der Waals surface area contributed by atoms with Crippen LogP contribution in [-0.2, 0) is 13.1 Å². The first kappa shape index (κ1) is 19.8. The summed E-state index contributed by atoms with van der Waals surface area (Å²) in [5.41, 5.74) is 3.69. The highest BCUT2D eigenvalue weighted by Crippen LogP contribution is 2.22. The van der Waals surface area contributed by atoms with Crippen LogP contribution in [0.15, 0.2) is 47.8 Å². The number of nitrogens with zero attached hydrogens (tertiary/aromatic N) is 3. The SMILES string of the molecule is CCN1CCN(Cc2ccc(CNC(=O)c3cc(-c4cccs4)[nH]n3)cc2)CC1. The summed E-state index contributed by atoms with van der Waals surface area (Å²) < 4.78 is 0. The van der Waals surface area contributed by atoms with Gasteiger partial charge in [0, 0.05) is 39.3 Å². The highest BCUT2D eigenvalue weighted by Gasteiger charge is 2.15. The van der Waals surface area contributed by atoms with Crippen LogP contribution in [0.1, 0.15) is 28.5 Å². The predicted octanol–water partition coefficient (Wildman–Crippen LogP) is 3.21. The molecule has 1 aliphatic rings. The summed E-state index contributed by atoms with van der Waals surface area (Å²) in [4.78, 5) is 18.5. The summed E-state index contributed by atoms with van der Waals surface area (Å²) in [5, 5.41) is 12.0. The van der Waals surface area contributed by atoms with Crippen molar-refractivity contribution in [2.45, 2.75) is 20.0 Å². The minimum Gasteiger partial charge on any atom is -0.347 e. The quantitative estimate of drug-likeness (QED) is 0.629. The third kappa shape index (κ3) is 5.12. The molecule has 1 aliphatic heterocycles. The van der Waals surface area contributed by atoms with Gasteiger partial charge in [0.05, 0.1) is 10.6 Å². The Labute approximate surface area is 175 Å². The Morgan fingerprint density at radius 3 is 2.52 bits per heavy atom. The number of rotatable bonds is 7. The van der Waals surface area contributed by atoms with Gasteiger partial charge < -0.3 is 10.2 Å². The third-order valence-corrected chi connectivity index (χ3v) is 6.29. The van der Waals surface area contributed by atoms with Crippen LogP contribution in [0.3, 0.4) is 0 Å². The van der Waals surface area contributed by atoms with Crippen molar-refractivity contribution in [2.24, 2.45) is 0 Å². The maximum absolute atomic E-state index is 12.4. The van der Waals surface area contributed by atoms with Crippen LogP contribution in [0.5, 0.6) is 0 Å². The molecule has 1 amide bonds. The molecule has 0 spiro atoms. The number of benzene rings is 1. The van der Waals surface area contributed by atoms with Crippen LogP contribution in [0.4, 0.5) is 0 Å². The number of hydrogen-bond donors (Lipinski definition) is 2. The summed E-state index contributed by atoms with van der Waals surface area (Å²) >= 11 is 1.62. The van der Waals surface area contributed by atoms with Gasteiger partial charge in [-0.1, -0.05) is 37.3 Å². The maximum atomic E-state index is 12.4. The van der Waals surface area contributed by atoms with Crippen molar-refractivity contribution in [3.05, 3.63) is 64.7 Å². The Balaban J connectivity index is 1.26. The summed E-state index contributed by atoms with van der Waals surface area (Å²) in [6.45, 7) is 9.41. The van der Waals surface area contributed by atoms with E-state index < -0.39 is 0 Å². The van der Waals surface area contributed by atoms with Gasteiger partial charge in [-0.2, -0.15) is 5.10 Å². The number of likely N-dealkylation sites (N-methyl/N-ethyl adjacent to an activating group) is 1. The summed E-state index contributed by atoms with van der Waals surface area (Å²) in [7, 11) is 0. The first-order valence-electron chi connectivity index (χ1n) is 10.1. The van der Waals surface area contributed by atoms with Gasteiger partial charge in [-0.25, -0.2) is 0 Å². The molecule has 0 radical (unpaired) electrons. The molecule has 4 rings (SSSR count). The number of carbonyl (C=O) groups is 1. The van der Waals surface area contributed by atoms with Gasteiger partial charge in [0.1, 0.15) is 0 Å². The van der Waals surface area contributed by atoms with E-state index >= 15 is 0 Å². The number of carbonyl (C=O) groups excluding carboxylic acids is 1. The molecule has 152 valence electrons. The van der Waals surface area contributed by atoms with Crippen molar-refractivity contribution in [1.29, 1.82) is 0 Å². The van der Waals surface area contributed by atoms with Gasteiger partial charge in [0.2, 0.25) is 0 Å². The van der Waals surface area contributed by atoms with Gasteiger partial charge in [-0.15, -0.1) is 11.3 Å². The number of nitrogens with one attached hydrogen (secondary N) is 2. The normalized spacial score (nSPS) is 15.5. The van der Waals surface area contributed by atoms with Crippen molar-refractivity contribution < 1.29 is 4.79 Å². The maximum Gasteiger partial charge on any atom is 0.272 e. The molecule has 1 fully saturated rings. The largest absolute Gasteiger partial charge is 0.347 e. The van der Waals surface area contributed by atoms with Crippen LogP contribution in [0, 0.1) is 0 Å². The zero-order valence-corrected chi connectivity index (χ0v) is 17.5. The number of H-pyrrole nitrogens is 1. The lowest BCUT2D eigenvalue weighted by molar-refractivity contribution is 0.0946. The molecule has 29 heavy (non-hydrogen) atoms. The molecule has 0 bridgehead atoms. The van der Waals surface area contributed by atoms with Gasteiger partial charge in [0.25, 0.3) is 5.91 Å². The average Bonchev–Trinajstić information content (AvgIpc) is 3.45. The molecule has 3 heterocycles. The van der Waals surface area contributed by atoms with E-state index in [1.165, 1.54) is 5.56 Å². The summed E-state index contributed by atoms with van der Waals surface area (Å²) in [6.07, 6.45) is 0. The second kappa shape index (κ2) is 9.35. The monoisotopic (exact) mass is 409 g/mol. The minimum atomic E-state index is -0.165. The second-order valence-electron chi connectivity index (χ2n) is 7.35. The molecule has 3 aromatic rings. The molecule has 0 unspecified atom stereocenters. The fourth-order valence-electron chi connectivity index (χ4n) is 3.55. The Morgan fingerprint density at radius 2 is 1.83 bits per heavy atom. The molecule has 2 aromatic heterocycles. The van der Waals surface area contributed by atoms with Crippen molar-refractivity contribution in [2.75, 3.05) is 32.7 Å². The number of hydrogen-bond acceptors (Lipinski definition) is 5. The van der Waals surface area contributed by atoms with E-state index in [2.05, 4.69) is 56.5 Å². The van der Waals surface area contributed by atoms with Crippen LogP contribution < -0.4 is 5.32 Å². The average molecular weight is 410 g/mol. The van der Waals surface area contributed by atoms with Crippen molar-refractivity contribution >= 4 is 17.2 Å². The molecule has 0 atom stereocenters. The lowest BCUT2D eigenvalue weighted by atomic mass is 10.1. The number of aromatic nitrogens is 2. The van der Waals surface area contributed by atoms with E-state index in [1.807, 2.05) is 17.5 Å². The molecule has 0 saturated carbocycles. The van der Waals surface area contributed by atoms with Crippen LogP contribution in [0.2, 0.25) is 0 Å². The van der Waals surface area contributed by atoms with Gasteiger partial charge in [0.15, 0.2) is 5.69 Å². The zero-order valence-electron chi connectivity index (χ0n) is 16.7. The highest BCUT2D eigenvalue weighted by molar-refractivity contribution is 7.13. The molecule has 6 nitrogen and oxygen atoms in total. The molecular weight excluding hydrogens is 382 g/mol. The highest BCUT2D eigenvalue weighted by atomic mass is 32.1. The number of piperazine rings is 1. The summed E-state index contributed by atoms with van der Waals surface area (Å²) in [6, 6.07) is 14.3. The van der Waals surface area contributed by atoms with Gasteiger partial charge in [-0.3, -0.25) is 14.8 Å². The first-order chi connectivity index (χ1) is 14.2. The van der Waals surface area contributed by atoms with E-state index in [0.29, 0.717) is 12.2 Å². The molecule has 2 N–H and O–H groups in total. The Morgan fingerprint density at radius 1 is 1.10 bits per heavy atom. The number of amides is 1. The van der Waals surface area contributed by atoms with Crippen LogP contribution >= 0.6 is 11.3 Å². The van der Waals surface area contributed by atoms with Crippen molar-refractivity contribution in [1.82, 2.24) is 25.3 Å². The van der Waals surface area contributed by atoms with Crippen LogP contribution in [0.25, 0.3) is 10.6 Å². The van der Waals surface area contributed by atoms with E-state index in [9.17, 15) is 4.79 Å². The van der Waals surface area contributed by atoms with Gasteiger partial charge >= 0.3 is 0 Å². The standard InChI is InChI=1S/C22H27N5OS/c1-2-26-9-11-27(12-10-26)16-18-7-5-17(6-8-18)15-23-22(28)20-14-19(24-25-20)21-4-3-13-29-21/h3-8,13-14H,2,9-12,15-16H2,1H3,(H,23,28)(H,24,25). The number of aromatic amines is 1. The molecular formula is C22H27N5OS. The Bertz CT molecular complexity index is 911. The van der Waals surface area contributed by atoms with E-state index in [4.69, 9.17) is 0 Å². The minimum absolute atomic E-state index is 0.165. The Kier molecular flexibility index (Phi) is 6.39. The van der Waals surface area contributed by atoms with E-state index in [1.54, 1.807) is 17.4 Å². The third-order valence-electron chi connectivity index (χ3n) is 5.39. The lowest BCUT2D eigenvalue weighted by Crippen LogP contribution is -2.45.